The van der Waals surface area contributed by atoms with Crippen LogP contribution in [0.2, 0.25) is 0 Å². The van der Waals surface area contributed by atoms with Gasteiger partial charge in [0.1, 0.15) is 0 Å². The molecular formula is C18H22N2O4. The van der Waals surface area contributed by atoms with Gasteiger partial charge in [-0.25, -0.2) is 0 Å². The van der Waals surface area contributed by atoms with E-state index in [4.69, 9.17) is 0 Å². The van der Waals surface area contributed by atoms with Crippen LogP contribution >= 0.6 is 0 Å². The number of carbonyl (C=O) groups is 3. The molecule has 24 heavy (non-hydrogen) atoms. The topological polar surface area (TPSA) is 95.5 Å². The van der Waals surface area contributed by atoms with Crippen molar-refractivity contribution in [2.75, 3.05) is 5.32 Å². The number of carbonyl (C=O) groups excluding carboxylic acids is 2. The fourth-order valence-electron chi connectivity index (χ4n) is 2.66. The highest BCUT2D eigenvalue weighted by atomic mass is 16.4. The number of rotatable bonds is 5. The van der Waals surface area contributed by atoms with Gasteiger partial charge in [0.2, 0.25) is 5.91 Å². The maximum atomic E-state index is 12.4. The van der Waals surface area contributed by atoms with Crippen molar-refractivity contribution in [3.63, 3.8) is 0 Å². The Morgan fingerprint density at radius 3 is 2.17 bits per heavy atom. The molecule has 0 bridgehead atoms. The Hall–Kier alpha value is -2.63. The van der Waals surface area contributed by atoms with Crippen LogP contribution in [0.3, 0.4) is 0 Å². The summed E-state index contributed by atoms with van der Waals surface area (Å²) in [6.07, 6.45) is 4.41. The van der Waals surface area contributed by atoms with Gasteiger partial charge in [-0.1, -0.05) is 12.2 Å². The average Bonchev–Trinajstić information content (AvgIpc) is 2.54. The maximum Gasteiger partial charge on any atom is 0.307 e. The summed E-state index contributed by atoms with van der Waals surface area (Å²) in [5.74, 6) is -2.74. The fourth-order valence-corrected chi connectivity index (χ4v) is 2.66. The molecule has 0 aromatic heterocycles. The van der Waals surface area contributed by atoms with Crippen molar-refractivity contribution in [3.05, 3.63) is 42.0 Å². The van der Waals surface area contributed by atoms with Gasteiger partial charge in [0.25, 0.3) is 5.91 Å². The van der Waals surface area contributed by atoms with Crippen LogP contribution in [0.4, 0.5) is 5.69 Å². The standard InChI is InChI=1S/C18H22N2O4/c1-11(2)19-16(21)12-7-9-13(10-8-12)20-17(22)14-5-3-4-6-15(14)18(23)24/h3-4,7-11,14-15H,5-6H2,1-2H3,(H,19,21)(H,20,22)(H,23,24)/t14-,15+/m0/s1. The molecular weight excluding hydrogens is 308 g/mol. The number of anilines is 1. The number of nitrogens with one attached hydrogen (secondary N) is 2. The molecule has 2 amide bonds. The second-order valence-corrected chi connectivity index (χ2v) is 6.19. The minimum atomic E-state index is -0.958. The maximum absolute atomic E-state index is 12.4. The van der Waals surface area contributed by atoms with Crippen molar-refractivity contribution in [3.8, 4) is 0 Å². The Morgan fingerprint density at radius 1 is 1.04 bits per heavy atom. The van der Waals surface area contributed by atoms with E-state index in [-0.39, 0.29) is 17.9 Å². The quantitative estimate of drug-likeness (QED) is 0.723. The highest BCUT2D eigenvalue weighted by Crippen LogP contribution is 2.27. The molecule has 0 saturated carbocycles. The Labute approximate surface area is 140 Å². The van der Waals surface area contributed by atoms with Crippen molar-refractivity contribution in [1.82, 2.24) is 5.32 Å². The van der Waals surface area contributed by atoms with Crippen LogP contribution in [0, 0.1) is 11.8 Å². The van der Waals surface area contributed by atoms with Gasteiger partial charge in [-0.15, -0.1) is 0 Å². The molecule has 0 heterocycles. The molecule has 6 heteroatoms. The van der Waals surface area contributed by atoms with Gasteiger partial charge in [-0.05, 0) is 51.0 Å². The summed E-state index contributed by atoms with van der Waals surface area (Å²) in [6, 6.07) is 6.58. The Bertz CT molecular complexity index is 649. The van der Waals surface area contributed by atoms with E-state index >= 15 is 0 Å². The van der Waals surface area contributed by atoms with Gasteiger partial charge in [0.05, 0.1) is 11.8 Å². The van der Waals surface area contributed by atoms with Crippen molar-refractivity contribution in [2.24, 2.45) is 11.8 Å². The molecule has 1 aromatic rings. The Morgan fingerprint density at radius 2 is 1.62 bits per heavy atom. The second kappa shape index (κ2) is 7.77. The van der Waals surface area contributed by atoms with E-state index in [9.17, 15) is 19.5 Å². The Kier molecular flexibility index (Phi) is 5.73. The largest absolute Gasteiger partial charge is 0.481 e. The second-order valence-electron chi connectivity index (χ2n) is 6.19. The molecule has 0 saturated heterocycles. The van der Waals surface area contributed by atoms with Crippen molar-refractivity contribution < 1.29 is 19.5 Å². The molecule has 0 aliphatic heterocycles. The van der Waals surface area contributed by atoms with Crippen molar-refractivity contribution in [2.45, 2.75) is 32.7 Å². The average molecular weight is 330 g/mol. The Balaban J connectivity index is 2.02. The summed E-state index contributed by atoms with van der Waals surface area (Å²) in [5, 5.41) is 14.8. The first-order valence-electron chi connectivity index (χ1n) is 7.98. The number of aliphatic carboxylic acids is 1. The number of benzene rings is 1. The summed E-state index contributed by atoms with van der Waals surface area (Å²) in [6.45, 7) is 3.76. The molecule has 128 valence electrons. The lowest BCUT2D eigenvalue weighted by Crippen LogP contribution is -2.34. The van der Waals surface area contributed by atoms with Crippen molar-refractivity contribution in [1.29, 1.82) is 0 Å². The zero-order chi connectivity index (χ0) is 17.7. The molecule has 0 spiro atoms. The number of hydrogen-bond donors (Lipinski definition) is 3. The molecule has 2 rings (SSSR count). The summed E-state index contributed by atoms with van der Waals surface area (Å²) in [5.41, 5.74) is 1.05. The van der Waals surface area contributed by atoms with Crippen molar-refractivity contribution >= 4 is 23.5 Å². The predicted molar refractivity (Wildman–Crippen MR) is 90.7 cm³/mol. The van der Waals surface area contributed by atoms with E-state index in [1.165, 1.54) is 0 Å². The zero-order valence-corrected chi connectivity index (χ0v) is 13.8. The minimum Gasteiger partial charge on any atom is -0.481 e. The summed E-state index contributed by atoms with van der Waals surface area (Å²) >= 11 is 0. The van der Waals surface area contributed by atoms with Crippen LogP contribution in [0.5, 0.6) is 0 Å². The lowest BCUT2D eigenvalue weighted by Gasteiger charge is -2.24. The van der Waals surface area contributed by atoms with Gasteiger partial charge in [0, 0.05) is 17.3 Å². The molecule has 0 unspecified atom stereocenters. The minimum absolute atomic E-state index is 0.0455. The molecule has 3 N–H and O–H groups in total. The van der Waals surface area contributed by atoms with Gasteiger partial charge in [-0.2, -0.15) is 0 Å². The summed E-state index contributed by atoms with van der Waals surface area (Å²) in [7, 11) is 0. The van der Waals surface area contributed by atoms with E-state index in [0.717, 1.165) is 0 Å². The molecule has 0 fully saturated rings. The molecule has 6 nitrogen and oxygen atoms in total. The highest BCUT2D eigenvalue weighted by Gasteiger charge is 2.33. The van der Waals surface area contributed by atoms with Gasteiger partial charge < -0.3 is 15.7 Å². The fraction of sp³-hybridized carbons (Fsp3) is 0.389. The van der Waals surface area contributed by atoms with Crippen LogP contribution in [-0.2, 0) is 9.59 Å². The van der Waals surface area contributed by atoms with E-state index in [1.807, 2.05) is 19.9 Å². The van der Waals surface area contributed by atoms with Gasteiger partial charge in [-0.3, -0.25) is 14.4 Å². The number of amides is 2. The lowest BCUT2D eigenvalue weighted by atomic mass is 9.82. The molecule has 1 aliphatic carbocycles. The molecule has 0 radical (unpaired) electrons. The van der Waals surface area contributed by atoms with Crippen LogP contribution in [0.25, 0.3) is 0 Å². The van der Waals surface area contributed by atoms with Crippen LogP contribution < -0.4 is 10.6 Å². The number of carboxylic acid groups (broad SMARTS) is 1. The van der Waals surface area contributed by atoms with Gasteiger partial charge >= 0.3 is 5.97 Å². The van der Waals surface area contributed by atoms with E-state index in [0.29, 0.717) is 24.1 Å². The first kappa shape index (κ1) is 17.7. The predicted octanol–water partition coefficient (Wildman–Crippen LogP) is 2.43. The van der Waals surface area contributed by atoms with Crippen LogP contribution in [-0.4, -0.2) is 28.9 Å². The van der Waals surface area contributed by atoms with Gasteiger partial charge in [0.15, 0.2) is 0 Å². The third-order valence-electron chi connectivity index (χ3n) is 3.92. The number of carboxylic acids is 1. The molecule has 2 atom stereocenters. The SMILES string of the molecule is CC(C)NC(=O)c1ccc(NC(=O)[C@H]2CC=CC[C@H]2C(=O)O)cc1. The number of hydrogen-bond acceptors (Lipinski definition) is 3. The van der Waals surface area contributed by atoms with Crippen LogP contribution in [0.1, 0.15) is 37.0 Å². The first-order valence-corrected chi connectivity index (χ1v) is 7.98. The summed E-state index contributed by atoms with van der Waals surface area (Å²) < 4.78 is 0. The normalized spacial score (nSPS) is 19.8. The number of allylic oxidation sites excluding steroid dienone is 2. The monoisotopic (exact) mass is 330 g/mol. The lowest BCUT2D eigenvalue weighted by molar-refractivity contribution is -0.146. The first-order chi connectivity index (χ1) is 11.4. The molecule has 1 aliphatic rings. The van der Waals surface area contributed by atoms with E-state index in [1.54, 1.807) is 30.3 Å². The highest BCUT2D eigenvalue weighted by molar-refractivity contribution is 5.97. The van der Waals surface area contributed by atoms with E-state index < -0.39 is 17.8 Å². The van der Waals surface area contributed by atoms with Crippen LogP contribution in [0.15, 0.2) is 36.4 Å². The zero-order valence-electron chi connectivity index (χ0n) is 13.8. The third-order valence-corrected chi connectivity index (χ3v) is 3.92. The molecule has 1 aromatic carbocycles. The summed E-state index contributed by atoms with van der Waals surface area (Å²) in [4.78, 5) is 35.5. The smallest absolute Gasteiger partial charge is 0.307 e. The van der Waals surface area contributed by atoms with E-state index in [2.05, 4.69) is 10.6 Å². The third kappa shape index (κ3) is 4.44.